The lowest BCUT2D eigenvalue weighted by molar-refractivity contribution is -0.0892. The van der Waals surface area contributed by atoms with E-state index in [1.807, 2.05) is 36.1 Å². The summed E-state index contributed by atoms with van der Waals surface area (Å²) in [5.41, 5.74) is 4.64. The fourth-order valence-electron chi connectivity index (χ4n) is 6.52. The number of hydrogen-bond donors (Lipinski definition) is 1. The molecule has 1 aliphatic carbocycles. The van der Waals surface area contributed by atoms with Crippen LogP contribution in [0.25, 0.3) is 11.1 Å². The number of piperidine rings is 2. The molecule has 1 aromatic heterocycles. The van der Waals surface area contributed by atoms with Crippen molar-refractivity contribution in [2.45, 2.75) is 62.6 Å². The Labute approximate surface area is 211 Å². The number of amides is 1. The molecule has 2 atom stereocenters. The third-order valence-corrected chi connectivity index (χ3v) is 8.12. The number of ether oxygens (including phenoxy) is 2. The summed E-state index contributed by atoms with van der Waals surface area (Å²) in [5, 5.41) is 11.6. The van der Waals surface area contributed by atoms with Crippen molar-refractivity contribution in [2.24, 2.45) is 0 Å². The van der Waals surface area contributed by atoms with Gasteiger partial charge in [-0.1, -0.05) is 48.5 Å². The van der Waals surface area contributed by atoms with Crippen LogP contribution in [0.4, 0.5) is 4.79 Å². The van der Waals surface area contributed by atoms with Crippen LogP contribution in [-0.4, -0.2) is 46.4 Å². The van der Waals surface area contributed by atoms with Gasteiger partial charge in [-0.25, -0.2) is 9.78 Å². The van der Waals surface area contributed by atoms with E-state index in [9.17, 15) is 9.90 Å². The first-order valence-corrected chi connectivity index (χ1v) is 13.0. The molecule has 3 aliphatic rings. The van der Waals surface area contributed by atoms with Gasteiger partial charge in [0.25, 0.3) is 0 Å². The number of benzene rings is 2. The van der Waals surface area contributed by atoms with Crippen LogP contribution in [0, 0.1) is 0 Å². The number of hydrogen-bond acceptors (Lipinski definition) is 5. The van der Waals surface area contributed by atoms with Crippen molar-refractivity contribution >= 4 is 6.09 Å². The zero-order valence-corrected chi connectivity index (χ0v) is 20.6. The highest BCUT2D eigenvalue weighted by molar-refractivity contribution is 5.79. The second-order valence-corrected chi connectivity index (χ2v) is 10.2. The zero-order valence-electron chi connectivity index (χ0n) is 20.6. The lowest BCUT2D eigenvalue weighted by Crippen LogP contribution is -2.59. The Hall–Kier alpha value is -3.38. The Bertz CT molecular complexity index is 1200. The third-order valence-electron chi connectivity index (χ3n) is 8.12. The van der Waals surface area contributed by atoms with Crippen LogP contribution < -0.4 is 4.74 Å². The molecular formula is C30H32N2O4. The largest absolute Gasteiger partial charge is 0.478 e. The fraction of sp³-hybridized carbons (Fsp3) is 0.400. The number of carbonyl (C=O) groups excluding carboxylic acids is 1. The Balaban J connectivity index is 1.18. The van der Waals surface area contributed by atoms with Crippen molar-refractivity contribution in [2.75, 3.05) is 13.2 Å². The Morgan fingerprint density at radius 1 is 1.00 bits per heavy atom. The third kappa shape index (κ3) is 3.94. The predicted octanol–water partition coefficient (Wildman–Crippen LogP) is 5.63. The van der Waals surface area contributed by atoms with Crippen molar-refractivity contribution in [1.82, 2.24) is 9.88 Å². The Morgan fingerprint density at radius 2 is 1.64 bits per heavy atom. The minimum Gasteiger partial charge on any atom is -0.478 e. The molecule has 3 aromatic rings. The van der Waals surface area contributed by atoms with Crippen LogP contribution in [-0.2, 0) is 10.3 Å². The van der Waals surface area contributed by atoms with Gasteiger partial charge in [0.15, 0.2) is 0 Å². The van der Waals surface area contributed by atoms with Crippen LogP contribution in [0.5, 0.6) is 5.88 Å². The molecular weight excluding hydrogens is 452 g/mol. The van der Waals surface area contributed by atoms with Gasteiger partial charge in [0.2, 0.25) is 5.88 Å². The average molecular weight is 485 g/mol. The smallest absolute Gasteiger partial charge is 0.410 e. The molecule has 36 heavy (non-hydrogen) atoms. The average Bonchev–Trinajstić information content (AvgIpc) is 3.21. The van der Waals surface area contributed by atoms with Crippen LogP contribution in [0.15, 0.2) is 66.9 Å². The summed E-state index contributed by atoms with van der Waals surface area (Å²) in [5.74, 6) is 0.596. The van der Waals surface area contributed by atoms with Crippen molar-refractivity contribution in [3.63, 3.8) is 0 Å². The summed E-state index contributed by atoms with van der Waals surface area (Å²) in [7, 11) is 0. The molecule has 3 heterocycles. The van der Waals surface area contributed by atoms with E-state index in [4.69, 9.17) is 9.47 Å². The van der Waals surface area contributed by atoms with Crippen LogP contribution in [0.2, 0.25) is 0 Å². The first-order chi connectivity index (χ1) is 17.6. The van der Waals surface area contributed by atoms with Crippen LogP contribution in [0.1, 0.15) is 61.6 Å². The molecule has 2 aromatic carbocycles. The lowest BCUT2D eigenvalue weighted by atomic mass is 9.73. The summed E-state index contributed by atoms with van der Waals surface area (Å²) in [4.78, 5) is 19.7. The monoisotopic (exact) mass is 484 g/mol. The molecule has 2 bridgehead atoms. The minimum atomic E-state index is -1.01. The number of pyridine rings is 1. The molecule has 1 amide bonds. The highest BCUT2D eigenvalue weighted by atomic mass is 16.6. The van der Waals surface area contributed by atoms with Crippen LogP contribution >= 0.6 is 0 Å². The van der Waals surface area contributed by atoms with Gasteiger partial charge in [0, 0.05) is 48.7 Å². The lowest BCUT2D eigenvalue weighted by Gasteiger charge is -2.51. The van der Waals surface area contributed by atoms with Crippen LogP contribution in [0.3, 0.4) is 0 Å². The van der Waals surface area contributed by atoms with Gasteiger partial charge in [0.1, 0.15) is 6.61 Å². The van der Waals surface area contributed by atoms with E-state index in [1.165, 1.54) is 22.3 Å². The topological polar surface area (TPSA) is 71.9 Å². The van der Waals surface area contributed by atoms with Crippen molar-refractivity contribution in [3.05, 3.63) is 83.6 Å². The number of aromatic nitrogens is 1. The second-order valence-electron chi connectivity index (χ2n) is 10.2. The van der Waals surface area contributed by atoms with E-state index in [1.54, 1.807) is 6.20 Å². The molecule has 6 rings (SSSR count). The molecule has 6 nitrogen and oxygen atoms in total. The number of fused-ring (bicyclic) bond motifs is 5. The molecule has 2 saturated heterocycles. The molecule has 1 N–H and O–H groups in total. The first-order valence-electron chi connectivity index (χ1n) is 13.0. The summed E-state index contributed by atoms with van der Waals surface area (Å²) in [6.07, 6.45) is 5.22. The van der Waals surface area contributed by atoms with E-state index in [-0.39, 0.29) is 24.1 Å². The van der Waals surface area contributed by atoms with E-state index in [0.29, 0.717) is 31.9 Å². The second kappa shape index (κ2) is 9.25. The predicted molar refractivity (Wildman–Crippen MR) is 137 cm³/mol. The highest BCUT2D eigenvalue weighted by Crippen LogP contribution is 2.46. The first kappa shape index (κ1) is 23.0. The minimum absolute atomic E-state index is 0.0397. The quantitative estimate of drug-likeness (QED) is 0.508. The van der Waals surface area contributed by atoms with Crippen molar-refractivity contribution in [3.8, 4) is 17.0 Å². The Kier molecular flexibility index (Phi) is 5.92. The highest BCUT2D eigenvalue weighted by Gasteiger charge is 2.49. The molecule has 2 fully saturated rings. The van der Waals surface area contributed by atoms with Gasteiger partial charge in [-0.3, -0.25) is 0 Å². The van der Waals surface area contributed by atoms with Gasteiger partial charge in [-0.15, -0.1) is 0 Å². The number of rotatable bonds is 5. The van der Waals surface area contributed by atoms with Gasteiger partial charge in [-0.2, -0.15) is 0 Å². The van der Waals surface area contributed by atoms with Gasteiger partial charge in [0.05, 0.1) is 12.2 Å². The van der Waals surface area contributed by atoms with Gasteiger partial charge in [-0.05, 0) is 54.5 Å². The van der Waals surface area contributed by atoms with E-state index in [2.05, 4.69) is 41.4 Å². The maximum atomic E-state index is 13.4. The number of nitrogens with zero attached hydrogens (tertiary/aromatic N) is 2. The standard InChI is InChI=1S/C30H32N2O4/c1-2-35-28-15-14-20(18-31-28)30(34)16-21-8-7-9-22(17-30)32(21)29(33)36-19-27-25-12-5-3-10-23(25)24-11-4-6-13-26(24)27/h3-6,10-15,18,21-22,27,34H,2,7-9,16-17,19H2,1H3. The fourth-order valence-corrected chi connectivity index (χ4v) is 6.52. The maximum absolute atomic E-state index is 13.4. The molecule has 2 unspecified atom stereocenters. The van der Waals surface area contributed by atoms with E-state index in [0.717, 1.165) is 24.8 Å². The molecule has 0 radical (unpaired) electrons. The summed E-state index contributed by atoms with van der Waals surface area (Å²) < 4.78 is 11.5. The number of carbonyl (C=O) groups is 1. The molecule has 0 spiro atoms. The summed E-state index contributed by atoms with van der Waals surface area (Å²) in [6, 6.07) is 20.4. The van der Waals surface area contributed by atoms with Gasteiger partial charge < -0.3 is 19.5 Å². The maximum Gasteiger partial charge on any atom is 0.410 e. The summed E-state index contributed by atoms with van der Waals surface area (Å²) in [6.45, 7) is 2.79. The SMILES string of the molecule is CCOc1ccc(C2(O)CC3CCCC(C2)N3C(=O)OCC2c3ccccc3-c3ccccc32)cn1. The van der Waals surface area contributed by atoms with E-state index >= 15 is 0 Å². The molecule has 186 valence electrons. The zero-order chi connectivity index (χ0) is 24.7. The molecule has 6 heteroatoms. The van der Waals surface area contributed by atoms with E-state index < -0.39 is 5.60 Å². The van der Waals surface area contributed by atoms with Crippen molar-refractivity contribution < 1.29 is 19.4 Å². The molecule has 2 aliphatic heterocycles. The molecule has 0 saturated carbocycles. The normalized spacial score (nSPS) is 24.7. The van der Waals surface area contributed by atoms with Gasteiger partial charge >= 0.3 is 6.09 Å². The summed E-state index contributed by atoms with van der Waals surface area (Å²) >= 11 is 0. The van der Waals surface area contributed by atoms with Crippen molar-refractivity contribution in [1.29, 1.82) is 0 Å². The Morgan fingerprint density at radius 3 is 2.22 bits per heavy atom. The number of aliphatic hydroxyl groups is 1.